The molecule has 2 nitrogen and oxygen atoms in total. The maximum atomic E-state index is 11.0. The third-order valence-electron chi connectivity index (χ3n) is 2.30. The van der Waals surface area contributed by atoms with Crippen LogP contribution in [0.15, 0.2) is 42.5 Å². The minimum Gasteiger partial charge on any atom is -0.348 e. The van der Waals surface area contributed by atoms with Gasteiger partial charge in [0.05, 0.1) is 0 Å². The number of carbonyl (C=O) groups excluding carboxylic acids is 1. The van der Waals surface area contributed by atoms with E-state index in [1.54, 1.807) is 7.05 Å². The van der Waals surface area contributed by atoms with Crippen molar-refractivity contribution < 1.29 is 4.79 Å². The fourth-order valence-electron chi connectivity index (χ4n) is 1.46. The van der Waals surface area contributed by atoms with Crippen LogP contribution in [0.2, 0.25) is 0 Å². The summed E-state index contributed by atoms with van der Waals surface area (Å²) in [5, 5.41) is 4.76. The van der Waals surface area contributed by atoms with Gasteiger partial charge in [0.1, 0.15) is 0 Å². The Balaban J connectivity index is 2.39. The third-order valence-corrected chi connectivity index (χ3v) is 2.30. The van der Waals surface area contributed by atoms with E-state index in [4.69, 9.17) is 0 Å². The lowest BCUT2D eigenvalue weighted by Crippen LogP contribution is -2.14. The first-order chi connectivity index (χ1) is 7.79. The topological polar surface area (TPSA) is 29.1 Å². The summed E-state index contributed by atoms with van der Waals surface area (Å²) in [6, 6.07) is 14.0. The monoisotopic (exact) mass is 209 g/mol. The number of benzene rings is 2. The van der Waals surface area contributed by atoms with E-state index in [2.05, 4.69) is 17.2 Å². The zero-order valence-corrected chi connectivity index (χ0v) is 8.95. The van der Waals surface area contributed by atoms with E-state index in [0.717, 1.165) is 10.9 Å². The van der Waals surface area contributed by atoms with Crippen LogP contribution in [-0.4, -0.2) is 13.0 Å². The molecule has 0 aliphatic heterocycles. The molecule has 78 valence electrons. The summed E-state index contributed by atoms with van der Waals surface area (Å²) in [5.74, 6) is 5.07. The molecule has 2 aromatic carbocycles. The lowest BCUT2D eigenvalue weighted by atomic mass is 10.1. The number of amides is 1. The second-order valence-electron chi connectivity index (χ2n) is 3.39. The highest BCUT2D eigenvalue weighted by atomic mass is 16.1. The molecule has 0 saturated carbocycles. The number of nitrogens with one attached hydrogen (secondary N) is 1. The van der Waals surface area contributed by atoms with Crippen LogP contribution < -0.4 is 5.32 Å². The van der Waals surface area contributed by atoms with Crippen molar-refractivity contribution >= 4 is 16.7 Å². The molecule has 0 atom stereocenters. The summed E-state index contributed by atoms with van der Waals surface area (Å²) < 4.78 is 0. The maximum absolute atomic E-state index is 11.0. The molecule has 1 amide bonds. The van der Waals surface area contributed by atoms with E-state index in [1.807, 2.05) is 42.5 Å². The van der Waals surface area contributed by atoms with Crippen molar-refractivity contribution in [3.63, 3.8) is 0 Å². The first-order valence-corrected chi connectivity index (χ1v) is 5.02. The van der Waals surface area contributed by atoms with Gasteiger partial charge in [-0.3, -0.25) is 4.79 Å². The van der Waals surface area contributed by atoms with Gasteiger partial charge in [0, 0.05) is 18.5 Å². The van der Waals surface area contributed by atoms with Gasteiger partial charge in [-0.25, -0.2) is 0 Å². The number of carbonyl (C=O) groups is 1. The molecular weight excluding hydrogens is 198 g/mol. The number of hydrogen-bond acceptors (Lipinski definition) is 1. The van der Waals surface area contributed by atoms with Crippen molar-refractivity contribution in [1.82, 2.24) is 5.32 Å². The highest BCUT2D eigenvalue weighted by Crippen LogP contribution is 2.14. The molecule has 0 spiro atoms. The van der Waals surface area contributed by atoms with E-state index >= 15 is 0 Å². The molecule has 0 radical (unpaired) electrons. The summed E-state index contributed by atoms with van der Waals surface area (Å²) in [4.78, 5) is 11.0. The summed E-state index contributed by atoms with van der Waals surface area (Å²) in [5.41, 5.74) is 0.849. The average Bonchev–Trinajstić information content (AvgIpc) is 2.35. The predicted octanol–water partition coefficient (Wildman–Crippen LogP) is 1.94. The van der Waals surface area contributed by atoms with Crippen molar-refractivity contribution in [1.29, 1.82) is 0 Å². The van der Waals surface area contributed by atoms with Crippen molar-refractivity contribution in [2.24, 2.45) is 0 Å². The van der Waals surface area contributed by atoms with Crippen LogP contribution in [0, 0.1) is 11.8 Å². The average molecular weight is 209 g/mol. The van der Waals surface area contributed by atoms with Crippen LogP contribution >= 0.6 is 0 Å². The summed E-state index contributed by atoms with van der Waals surface area (Å²) in [6.07, 6.45) is 0. The van der Waals surface area contributed by atoms with Gasteiger partial charge in [0.2, 0.25) is 0 Å². The van der Waals surface area contributed by atoms with Gasteiger partial charge in [-0.2, -0.15) is 0 Å². The smallest absolute Gasteiger partial charge is 0.295 e. The molecule has 0 aliphatic carbocycles. The van der Waals surface area contributed by atoms with Crippen LogP contribution in [0.4, 0.5) is 0 Å². The Bertz CT molecular complexity index is 590. The highest BCUT2D eigenvalue weighted by Gasteiger charge is 1.93. The lowest BCUT2D eigenvalue weighted by Gasteiger charge is -1.97. The minimum absolute atomic E-state index is 0.270. The quantitative estimate of drug-likeness (QED) is 0.660. The molecule has 0 aromatic heterocycles. The number of fused-ring (bicyclic) bond motifs is 1. The van der Waals surface area contributed by atoms with Gasteiger partial charge < -0.3 is 5.32 Å². The zero-order valence-electron chi connectivity index (χ0n) is 8.95. The largest absolute Gasteiger partial charge is 0.348 e. The number of hydrogen-bond donors (Lipinski definition) is 1. The Morgan fingerprint density at radius 3 is 2.62 bits per heavy atom. The second kappa shape index (κ2) is 4.50. The summed E-state index contributed by atoms with van der Waals surface area (Å²) in [6.45, 7) is 0. The van der Waals surface area contributed by atoms with Crippen LogP contribution in [0.3, 0.4) is 0 Å². The van der Waals surface area contributed by atoms with Gasteiger partial charge in [-0.1, -0.05) is 36.3 Å². The van der Waals surface area contributed by atoms with Gasteiger partial charge in [0.25, 0.3) is 5.91 Å². The second-order valence-corrected chi connectivity index (χ2v) is 3.39. The van der Waals surface area contributed by atoms with Crippen LogP contribution in [0.1, 0.15) is 5.56 Å². The molecule has 16 heavy (non-hydrogen) atoms. The van der Waals surface area contributed by atoms with Gasteiger partial charge in [0.15, 0.2) is 0 Å². The Labute approximate surface area is 94.3 Å². The Hall–Kier alpha value is -2.27. The molecule has 0 unspecified atom stereocenters. The summed E-state index contributed by atoms with van der Waals surface area (Å²) >= 11 is 0. The molecule has 2 rings (SSSR count). The fraction of sp³-hybridized carbons (Fsp3) is 0.0714. The molecular formula is C14H11NO. The molecule has 2 aromatic rings. The van der Waals surface area contributed by atoms with Gasteiger partial charge in [-0.05, 0) is 22.9 Å². The maximum Gasteiger partial charge on any atom is 0.295 e. The SMILES string of the molecule is CNC(=O)C#Cc1ccc2ccccc2c1. The normalized spacial score (nSPS) is 9.31. The van der Waals surface area contributed by atoms with Crippen LogP contribution in [-0.2, 0) is 4.79 Å². The molecule has 0 fully saturated rings. The van der Waals surface area contributed by atoms with E-state index in [0.29, 0.717) is 0 Å². The molecule has 0 aliphatic rings. The standard InChI is InChI=1S/C14H11NO/c1-15-14(16)9-7-11-6-8-12-4-2-3-5-13(12)10-11/h2-6,8,10H,1H3,(H,15,16). The van der Waals surface area contributed by atoms with Crippen LogP contribution in [0.5, 0.6) is 0 Å². The lowest BCUT2D eigenvalue weighted by molar-refractivity contribution is -0.115. The predicted molar refractivity (Wildman–Crippen MR) is 64.9 cm³/mol. The number of rotatable bonds is 0. The van der Waals surface area contributed by atoms with Crippen molar-refractivity contribution in [3.05, 3.63) is 48.0 Å². The van der Waals surface area contributed by atoms with Gasteiger partial charge in [-0.15, -0.1) is 0 Å². The molecule has 0 heterocycles. The third kappa shape index (κ3) is 2.21. The molecule has 2 heteroatoms. The van der Waals surface area contributed by atoms with E-state index in [1.165, 1.54) is 5.39 Å². The van der Waals surface area contributed by atoms with E-state index < -0.39 is 0 Å². The molecule has 1 N–H and O–H groups in total. The molecule has 0 saturated heterocycles. The van der Waals surface area contributed by atoms with Crippen molar-refractivity contribution in [2.45, 2.75) is 0 Å². The first-order valence-electron chi connectivity index (χ1n) is 5.02. The fourth-order valence-corrected chi connectivity index (χ4v) is 1.46. The van der Waals surface area contributed by atoms with Crippen molar-refractivity contribution in [2.75, 3.05) is 7.05 Å². The molecule has 0 bridgehead atoms. The minimum atomic E-state index is -0.270. The summed E-state index contributed by atoms with van der Waals surface area (Å²) in [7, 11) is 1.57. The van der Waals surface area contributed by atoms with Crippen LogP contribution in [0.25, 0.3) is 10.8 Å². The highest BCUT2D eigenvalue weighted by molar-refractivity contribution is 5.94. The Morgan fingerprint density at radius 2 is 1.88 bits per heavy atom. The Morgan fingerprint density at radius 1 is 1.12 bits per heavy atom. The van der Waals surface area contributed by atoms with E-state index in [-0.39, 0.29) is 5.91 Å². The first kappa shape index (κ1) is 10.3. The Kier molecular flexibility index (Phi) is 2.88. The zero-order chi connectivity index (χ0) is 11.4. The van der Waals surface area contributed by atoms with Crippen molar-refractivity contribution in [3.8, 4) is 11.8 Å². The van der Waals surface area contributed by atoms with E-state index in [9.17, 15) is 4.79 Å². The van der Waals surface area contributed by atoms with Gasteiger partial charge >= 0.3 is 0 Å².